The maximum Gasteiger partial charge on any atom is 0.242 e. The molecule has 0 atom stereocenters. The molecule has 8 heteroatoms. The molecule has 2 heterocycles. The van der Waals surface area contributed by atoms with E-state index < -0.39 is 0 Å². The number of hydrogen-bond acceptors (Lipinski definition) is 5. The number of thioether (sulfide) groups is 1. The minimum absolute atomic E-state index is 0.0351. The molecule has 0 spiro atoms. The van der Waals surface area contributed by atoms with Crippen molar-refractivity contribution in [3.63, 3.8) is 0 Å². The molecule has 0 saturated carbocycles. The fraction of sp³-hybridized carbons (Fsp3) is 0.150. The Morgan fingerprint density at radius 3 is 2.82 bits per heavy atom. The summed E-state index contributed by atoms with van der Waals surface area (Å²) in [6, 6.07) is 13.5. The number of amides is 1. The number of para-hydroxylation sites is 1. The summed E-state index contributed by atoms with van der Waals surface area (Å²) in [4.78, 5) is 17.1. The lowest BCUT2D eigenvalue weighted by molar-refractivity contribution is -0.115. The fourth-order valence-electron chi connectivity index (χ4n) is 3.00. The molecule has 0 fully saturated rings. The standard InChI is InChI=1S/C20H17ClN4OS2/c1-3-10-24-13(2)22-23-20(24)27-12-19(26)25-15-6-4-5-7-17(15)28-18-9-8-14(21)11-16(18)25/h3-9,11H,1,10,12H2,2H3. The van der Waals surface area contributed by atoms with Crippen LogP contribution in [-0.4, -0.2) is 26.4 Å². The van der Waals surface area contributed by atoms with Crippen LogP contribution in [0.3, 0.4) is 0 Å². The van der Waals surface area contributed by atoms with Gasteiger partial charge in [0.2, 0.25) is 5.91 Å². The van der Waals surface area contributed by atoms with E-state index in [9.17, 15) is 4.79 Å². The molecule has 1 amide bonds. The van der Waals surface area contributed by atoms with Crippen LogP contribution in [-0.2, 0) is 11.3 Å². The van der Waals surface area contributed by atoms with Crippen LogP contribution in [0.25, 0.3) is 0 Å². The van der Waals surface area contributed by atoms with Crippen LogP contribution >= 0.6 is 35.1 Å². The van der Waals surface area contributed by atoms with Gasteiger partial charge < -0.3 is 4.57 Å². The second-order valence-corrected chi connectivity index (χ2v) is 8.59. The second kappa shape index (κ2) is 8.03. The molecule has 4 rings (SSSR count). The molecule has 2 aromatic carbocycles. The van der Waals surface area contributed by atoms with E-state index in [2.05, 4.69) is 16.8 Å². The van der Waals surface area contributed by atoms with Gasteiger partial charge in [-0.15, -0.1) is 16.8 Å². The van der Waals surface area contributed by atoms with E-state index >= 15 is 0 Å². The summed E-state index contributed by atoms with van der Waals surface area (Å²) in [6.07, 6.45) is 1.79. The number of aryl methyl sites for hydroxylation is 1. The van der Waals surface area contributed by atoms with Gasteiger partial charge in [-0.2, -0.15) is 0 Å². The van der Waals surface area contributed by atoms with Crippen molar-refractivity contribution in [1.29, 1.82) is 0 Å². The van der Waals surface area contributed by atoms with Crippen LogP contribution in [0.2, 0.25) is 5.02 Å². The van der Waals surface area contributed by atoms with Gasteiger partial charge in [0.05, 0.1) is 17.1 Å². The van der Waals surface area contributed by atoms with Gasteiger partial charge in [-0.05, 0) is 37.3 Å². The third-order valence-electron chi connectivity index (χ3n) is 4.28. The summed E-state index contributed by atoms with van der Waals surface area (Å²) in [7, 11) is 0. The van der Waals surface area contributed by atoms with Crippen molar-refractivity contribution in [3.05, 3.63) is 66.0 Å². The van der Waals surface area contributed by atoms with Crippen LogP contribution in [0, 0.1) is 6.92 Å². The third kappa shape index (κ3) is 3.57. The highest BCUT2D eigenvalue weighted by atomic mass is 35.5. The average Bonchev–Trinajstić information content (AvgIpc) is 3.04. The number of rotatable bonds is 5. The highest BCUT2D eigenvalue weighted by molar-refractivity contribution is 8.00. The van der Waals surface area contributed by atoms with E-state index in [1.807, 2.05) is 54.0 Å². The number of nitrogens with zero attached hydrogens (tertiary/aromatic N) is 4. The molecule has 142 valence electrons. The maximum absolute atomic E-state index is 13.3. The SMILES string of the molecule is C=CCn1c(C)nnc1SCC(=O)N1c2ccccc2Sc2ccc(Cl)cc21. The minimum Gasteiger partial charge on any atom is -0.302 e. The zero-order chi connectivity index (χ0) is 19.7. The topological polar surface area (TPSA) is 51.0 Å². The van der Waals surface area contributed by atoms with Crippen LogP contribution in [0.15, 0.2) is 70.1 Å². The number of carbonyl (C=O) groups is 1. The van der Waals surface area contributed by atoms with E-state index in [-0.39, 0.29) is 11.7 Å². The highest BCUT2D eigenvalue weighted by Crippen LogP contribution is 2.49. The Bertz CT molecular complexity index is 1070. The zero-order valence-electron chi connectivity index (χ0n) is 15.1. The molecule has 28 heavy (non-hydrogen) atoms. The van der Waals surface area contributed by atoms with Crippen molar-refractivity contribution < 1.29 is 4.79 Å². The molecular weight excluding hydrogens is 412 g/mol. The third-order valence-corrected chi connectivity index (χ3v) is 6.59. The van der Waals surface area contributed by atoms with Crippen molar-refractivity contribution in [2.45, 2.75) is 28.4 Å². The zero-order valence-corrected chi connectivity index (χ0v) is 17.5. The van der Waals surface area contributed by atoms with Crippen molar-refractivity contribution in [1.82, 2.24) is 14.8 Å². The maximum atomic E-state index is 13.3. The van der Waals surface area contributed by atoms with Crippen molar-refractivity contribution in [2.24, 2.45) is 0 Å². The number of allylic oxidation sites excluding steroid dienone is 1. The van der Waals surface area contributed by atoms with Crippen LogP contribution < -0.4 is 4.90 Å². The van der Waals surface area contributed by atoms with E-state index in [0.717, 1.165) is 27.0 Å². The Hall–Kier alpha value is -2.22. The number of fused-ring (bicyclic) bond motifs is 2. The summed E-state index contributed by atoms with van der Waals surface area (Å²) >= 11 is 9.24. The smallest absolute Gasteiger partial charge is 0.242 e. The van der Waals surface area contributed by atoms with Gasteiger partial charge in [0.25, 0.3) is 0 Å². The molecule has 1 aliphatic heterocycles. The molecule has 5 nitrogen and oxygen atoms in total. The van der Waals surface area contributed by atoms with Crippen LogP contribution in [0.5, 0.6) is 0 Å². The number of anilines is 2. The molecule has 0 N–H and O–H groups in total. The average molecular weight is 429 g/mol. The number of carbonyl (C=O) groups excluding carboxylic acids is 1. The summed E-state index contributed by atoms with van der Waals surface area (Å²) in [5.41, 5.74) is 1.68. The lowest BCUT2D eigenvalue weighted by Gasteiger charge is -2.31. The predicted molar refractivity (Wildman–Crippen MR) is 115 cm³/mol. The summed E-state index contributed by atoms with van der Waals surface area (Å²) in [5, 5.41) is 9.60. The molecule has 0 aliphatic carbocycles. The van der Waals surface area contributed by atoms with E-state index in [1.54, 1.807) is 22.7 Å². The van der Waals surface area contributed by atoms with Gasteiger partial charge in [-0.1, -0.05) is 53.3 Å². The Labute approximate surface area is 176 Å². The van der Waals surface area contributed by atoms with E-state index in [1.165, 1.54) is 11.8 Å². The Balaban J connectivity index is 1.64. The molecule has 3 aromatic rings. The second-order valence-electron chi connectivity index (χ2n) is 6.13. The number of aromatic nitrogens is 3. The molecular formula is C20H17ClN4OS2. The highest BCUT2D eigenvalue weighted by Gasteiger charge is 2.28. The minimum atomic E-state index is -0.0351. The Morgan fingerprint density at radius 1 is 1.21 bits per heavy atom. The van der Waals surface area contributed by atoms with Crippen molar-refractivity contribution in [2.75, 3.05) is 10.7 Å². The predicted octanol–water partition coefficient (Wildman–Crippen LogP) is 5.35. The monoisotopic (exact) mass is 428 g/mol. The first kappa shape index (κ1) is 19.1. The van der Waals surface area contributed by atoms with Gasteiger partial charge in [-0.25, -0.2) is 0 Å². The first-order chi connectivity index (χ1) is 13.6. The number of hydrogen-bond donors (Lipinski definition) is 0. The lowest BCUT2D eigenvalue weighted by Crippen LogP contribution is -2.30. The first-order valence-electron chi connectivity index (χ1n) is 8.61. The normalized spacial score (nSPS) is 12.4. The van der Waals surface area contributed by atoms with Gasteiger partial charge in [0.1, 0.15) is 5.82 Å². The summed E-state index contributed by atoms with van der Waals surface area (Å²) in [6.45, 7) is 6.26. The molecule has 0 radical (unpaired) electrons. The lowest BCUT2D eigenvalue weighted by atomic mass is 10.2. The van der Waals surface area contributed by atoms with E-state index in [4.69, 9.17) is 11.6 Å². The van der Waals surface area contributed by atoms with Crippen molar-refractivity contribution >= 4 is 52.4 Å². The molecule has 0 unspecified atom stereocenters. The quantitative estimate of drug-likeness (QED) is 0.405. The largest absolute Gasteiger partial charge is 0.302 e. The Kier molecular flexibility index (Phi) is 5.48. The summed E-state index contributed by atoms with van der Waals surface area (Å²) in [5.74, 6) is 0.999. The Morgan fingerprint density at radius 2 is 2.00 bits per heavy atom. The molecule has 1 aromatic heterocycles. The van der Waals surface area contributed by atoms with Crippen LogP contribution in [0.4, 0.5) is 11.4 Å². The molecule has 1 aliphatic rings. The van der Waals surface area contributed by atoms with Gasteiger partial charge >= 0.3 is 0 Å². The fourth-order valence-corrected chi connectivity index (χ4v) is 5.04. The van der Waals surface area contributed by atoms with Gasteiger partial charge in [0, 0.05) is 21.4 Å². The summed E-state index contributed by atoms with van der Waals surface area (Å²) < 4.78 is 1.94. The number of halogens is 1. The van der Waals surface area contributed by atoms with Gasteiger partial charge in [0.15, 0.2) is 5.16 Å². The number of benzene rings is 2. The van der Waals surface area contributed by atoms with Crippen molar-refractivity contribution in [3.8, 4) is 0 Å². The van der Waals surface area contributed by atoms with Crippen LogP contribution in [0.1, 0.15) is 5.82 Å². The first-order valence-corrected chi connectivity index (χ1v) is 10.8. The molecule has 0 bridgehead atoms. The van der Waals surface area contributed by atoms with Gasteiger partial charge in [-0.3, -0.25) is 9.69 Å². The molecule has 0 saturated heterocycles. The van der Waals surface area contributed by atoms with E-state index in [0.29, 0.717) is 16.7 Å².